The minimum absolute atomic E-state index is 0.269. The summed E-state index contributed by atoms with van der Waals surface area (Å²) in [5, 5.41) is 4.84. The van der Waals surface area contributed by atoms with E-state index in [1.807, 2.05) is 47.2 Å². The van der Waals surface area contributed by atoms with Crippen LogP contribution in [0.25, 0.3) is 16.2 Å². The SMILES string of the molecule is Cc1ccc(-c2nc3sccn3c2NC(=O)c2ccco2)cc1. The first kappa shape index (κ1) is 13.8. The molecule has 23 heavy (non-hydrogen) atoms. The number of rotatable bonds is 3. The molecule has 5 nitrogen and oxygen atoms in total. The van der Waals surface area contributed by atoms with Crippen molar-refractivity contribution in [2.45, 2.75) is 6.92 Å². The first-order chi connectivity index (χ1) is 11.2. The molecule has 0 saturated carbocycles. The number of aromatic nitrogens is 2. The maximum atomic E-state index is 12.3. The van der Waals surface area contributed by atoms with Crippen LogP contribution in [0.1, 0.15) is 16.1 Å². The van der Waals surface area contributed by atoms with E-state index in [4.69, 9.17) is 4.42 Å². The summed E-state index contributed by atoms with van der Waals surface area (Å²) >= 11 is 1.52. The number of hydrogen-bond donors (Lipinski definition) is 1. The smallest absolute Gasteiger partial charge is 0.292 e. The number of nitrogens with zero attached hydrogens (tertiary/aromatic N) is 2. The molecule has 0 radical (unpaired) electrons. The third-order valence-corrected chi connectivity index (χ3v) is 4.32. The molecule has 114 valence electrons. The summed E-state index contributed by atoms with van der Waals surface area (Å²) < 4.78 is 7.04. The van der Waals surface area contributed by atoms with Crippen LogP contribution in [-0.4, -0.2) is 15.3 Å². The minimum atomic E-state index is -0.295. The van der Waals surface area contributed by atoms with Crippen LogP contribution in [0.4, 0.5) is 5.82 Å². The molecule has 4 rings (SSSR count). The van der Waals surface area contributed by atoms with E-state index >= 15 is 0 Å². The quantitative estimate of drug-likeness (QED) is 0.614. The van der Waals surface area contributed by atoms with Crippen LogP contribution in [0.5, 0.6) is 0 Å². The van der Waals surface area contributed by atoms with Crippen molar-refractivity contribution in [2.24, 2.45) is 0 Å². The summed E-state index contributed by atoms with van der Waals surface area (Å²) in [6.45, 7) is 2.04. The third kappa shape index (κ3) is 2.43. The molecule has 3 heterocycles. The zero-order valence-electron chi connectivity index (χ0n) is 12.3. The predicted molar refractivity (Wildman–Crippen MR) is 89.9 cm³/mol. The fourth-order valence-electron chi connectivity index (χ4n) is 2.39. The molecule has 4 aromatic rings. The van der Waals surface area contributed by atoms with Crippen molar-refractivity contribution in [3.63, 3.8) is 0 Å². The lowest BCUT2D eigenvalue weighted by atomic mass is 10.1. The number of hydrogen-bond acceptors (Lipinski definition) is 4. The van der Waals surface area contributed by atoms with Gasteiger partial charge in [-0.3, -0.25) is 9.20 Å². The standard InChI is InChI=1S/C17H13N3O2S/c1-11-4-6-12(7-5-11)14-15(20-8-10-23-17(20)18-14)19-16(21)13-3-2-9-22-13/h2-10H,1H3,(H,19,21). The van der Waals surface area contributed by atoms with Gasteiger partial charge in [-0.25, -0.2) is 4.98 Å². The molecule has 1 aromatic carbocycles. The Morgan fingerprint density at radius 1 is 1.26 bits per heavy atom. The van der Waals surface area contributed by atoms with Gasteiger partial charge in [0.05, 0.1) is 6.26 Å². The Kier molecular flexibility index (Phi) is 3.24. The number of aryl methyl sites for hydroxylation is 1. The lowest BCUT2D eigenvalue weighted by Gasteiger charge is -2.06. The van der Waals surface area contributed by atoms with Crippen LogP contribution in [0.15, 0.2) is 58.7 Å². The number of anilines is 1. The summed E-state index contributed by atoms with van der Waals surface area (Å²) in [5.41, 5.74) is 2.88. The molecule has 0 saturated heterocycles. The third-order valence-electron chi connectivity index (χ3n) is 3.56. The van der Waals surface area contributed by atoms with Gasteiger partial charge in [0.15, 0.2) is 10.7 Å². The van der Waals surface area contributed by atoms with Gasteiger partial charge in [-0.15, -0.1) is 11.3 Å². The summed E-state index contributed by atoms with van der Waals surface area (Å²) in [6, 6.07) is 11.4. The lowest BCUT2D eigenvalue weighted by molar-refractivity contribution is 0.0996. The van der Waals surface area contributed by atoms with Crippen LogP contribution in [0, 0.1) is 6.92 Å². The van der Waals surface area contributed by atoms with Crippen molar-refractivity contribution in [2.75, 3.05) is 5.32 Å². The van der Waals surface area contributed by atoms with Gasteiger partial charge in [0.2, 0.25) is 0 Å². The monoisotopic (exact) mass is 323 g/mol. The Morgan fingerprint density at radius 3 is 2.83 bits per heavy atom. The average molecular weight is 323 g/mol. The summed E-state index contributed by atoms with van der Waals surface area (Å²) in [6.07, 6.45) is 3.37. The van der Waals surface area contributed by atoms with Crippen LogP contribution < -0.4 is 5.32 Å². The number of furan rings is 1. The molecule has 6 heteroatoms. The van der Waals surface area contributed by atoms with Gasteiger partial charge in [0, 0.05) is 17.1 Å². The molecule has 0 aliphatic heterocycles. The van der Waals surface area contributed by atoms with Crippen LogP contribution in [0.3, 0.4) is 0 Å². The van der Waals surface area contributed by atoms with E-state index in [9.17, 15) is 4.79 Å². The Hall–Kier alpha value is -2.86. The van der Waals surface area contributed by atoms with Crippen molar-refractivity contribution in [1.29, 1.82) is 0 Å². The summed E-state index contributed by atoms with van der Waals surface area (Å²) in [7, 11) is 0. The Bertz CT molecular complexity index is 965. The second kappa shape index (κ2) is 5.40. The average Bonchev–Trinajstić information content (AvgIpc) is 3.26. The molecule has 0 unspecified atom stereocenters. The van der Waals surface area contributed by atoms with Gasteiger partial charge in [0.25, 0.3) is 5.91 Å². The second-order valence-corrected chi connectivity index (χ2v) is 6.04. The van der Waals surface area contributed by atoms with Crippen molar-refractivity contribution >= 4 is 28.0 Å². The van der Waals surface area contributed by atoms with Crippen molar-refractivity contribution in [3.05, 3.63) is 65.6 Å². The molecule has 1 N–H and O–H groups in total. The summed E-state index contributed by atoms with van der Waals surface area (Å²) in [4.78, 5) is 17.8. The van der Waals surface area contributed by atoms with E-state index in [2.05, 4.69) is 10.3 Å². The molecule has 0 atom stereocenters. The number of carbonyl (C=O) groups excluding carboxylic acids is 1. The van der Waals surface area contributed by atoms with E-state index in [0.717, 1.165) is 16.2 Å². The fourth-order valence-corrected chi connectivity index (χ4v) is 3.11. The molecule has 1 amide bonds. The van der Waals surface area contributed by atoms with E-state index in [1.54, 1.807) is 12.1 Å². The molecule has 0 fully saturated rings. The van der Waals surface area contributed by atoms with E-state index in [0.29, 0.717) is 5.82 Å². The molecule has 0 aliphatic carbocycles. The van der Waals surface area contributed by atoms with Gasteiger partial charge in [0.1, 0.15) is 11.5 Å². The lowest BCUT2D eigenvalue weighted by Crippen LogP contribution is -2.13. The number of benzene rings is 1. The molecule has 0 bridgehead atoms. The first-order valence-electron chi connectivity index (χ1n) is 7.10. The minimum Gasteiger partial charge on any atom is -0.459 e. The summed E-state index contributed by atoms with van der Waals surface area (Å²) in [5.74, 6) is 0.618. The predicted octanol–water partition coefficient (Wildman–Crippen LogP) is 4.22. The fraction of sp³-hybridized carbons (Fsp3) is 0.0588. The van der Waals surface area contributed by atoms with Crippen LogP contribution in [0.2, 0.25) is 0 Å². The number of thiazole rings is 1. The van der Waals surface area contributed by atoms with Gasteiger partial charge >= 0.3 is 0 Å². The van der Waals surface area contributed by atoms with E-state index in [-0.39, 0.29) is 11.7 Å². The second-order valence-electron chi connectivity index (χ2n) is 5.16. The molecule has 3 aromatic heterocycles. The van der Waals surface area contributed by atoms with E-state index < -0.39 is 0 Å². The number of fused-ring (bicyclic) bond motifs is 1. The normalized spacial score (nSPS) is 11.0. The highest BCUT2D eigenvalue weighted by atomic mass is 32.1. The highest BCUT2D eigenvalue weighted by Gasteiger charge is 2.19. The molecular formula is C17H13N3O2S. The zero-order valence-corrected chi connectivity index (χ0v) is 13.1. The highest BCUT2D eigenvalue weighted by Crippen LogP contribution is 2.31. The van der Waals surface area contributed by atoms with Gasteiger partial charge in [-0.05, 0) is 19.1 Å². The van der Waals surface area contributed by atoms with Crippen molar-refractivity contribution < 1.29 is 9.21 Å². The Labute approximate surface area is 136 Å². The topological polar surface area (TPSA) is 59.5 Å². The van der Waals surface area contributed by atoms with Crippen molar-refractivity contribution in [1.82, 2.24) is 9.38 Å². The maximum Gasteiger partial charge on any atom is 0.292 e. The molecule has 0 aliphatic rings. The zero-order chi connectivity index (χ0) is 15.8. The Morgan fingerprint density at radius 2 is 2.09 bits per heavy atom. The first-order valence-corrected chi connectivity index (χ1v) is 7.98. The maximum absolute atomic E-state index is 12.3. The van der Waals surface area contributed by atoms with Gasteiger partial charge in [-0.2, -0.15) is 0 Å². The van der Waals surface area contributed by atoms with Gasteiger partial charge in [-0.1, -0.05) is 29.8 Å². The van der Waals surface area contributed by atoms with E-state index in [1.165, 1.54) is 23.2 Å². The number of carbonyl (C=O) groups is 1. The number of nitrogens with one attached hydrogen (secondary N) is 1. The highest BCUT2D eigenvalue weighted by molar-refractivity contribution is 7.15. The van der Waals surface area contributed by atoms with Gasteiger partial charge < -0.3 is 9.73 Å². The van der Waals surface area contributed by atoms with Crippen LogP contribution in [-0.2, 0) is 0 Å². The van der Waals surface area contributed by atoms with Crippen LogP contribution >= 0.6 is 11.3 Å². The number of amides is 1. The Balaban J connectivity index is 1.80. The number of imidazole rings is 1. The van der Waals surface area contributed by atoms with Crippen molar-refractivity contribution in [3.8, 4) is 11.3 Å². The largest absolute Gasteiger partial charge is 0.459 e. The molecule has 0 spiro atoms. The molecular weight excluding hydrogens is 310 g/mol.